The molecule has 0 aliphatic heterocycles. The number of nitrogens with one attached hydrogen (secondary N) is 1. The van der Waals surface area contributed by atoms with Crippen LogP contribution in [0.25, 0.3) is 0 Å². The SMILES string of the molecule is CCc1ccc(OCc2csc(C(=O)Nc3ccc(C)c(Cl)c3)c2)cc1. The summed E-state index contributed by atoms with van der Waals surface area (Å²) in [6, 6.07) is 15.4. The Labute approximate surface area is 162 Å². The van der Waals surface area contributed by atoms with Gasteiger partial charge in [0.15, 0.2) is 0 Å². The van der Waals surface area contributed by atoms with Crippen molar-refractivity contribution in [3.8, 4) is 5.75 Å². The van der Waals surface area contributed by atoms with E-state index in [9.17, 15) is 4.79 Å². The number of carbonyl (C=O) groups excluding carboxylic acids is 1. The molecule has 3 nitrogen and oxygen atoms in total. The summed E-state index contributed by atoms with van der Waals surface area (Å²) in [7, 11) is 0. The number of amides is 1. The van der Waals surface area contributed by atoms with Gasteiger partial charge in [-0.25, -0.2) is 0 Å². The summed E-state index contributed by atoms with van der Waals surface area (Å²) >= 11 is 7.50. The molecule has 0 aliphatic rings. The van der Waals surface area contributed by atoms with Gasteiger partial charge >= 0.3 is 0 Å². The van der Waals surface area contributed by atoms with Crippen molar-refractivity contribution in [3.05, 3.63) is 80.5 Å². The minimum absolute atomic E-state index is 0.145. The molecule has 0 saturated carbocycles. The Morgan fingerprint density at radius 1 is 1.12 bits per heavy atom. The van der Waals surface area contributed by atoms with Gasteiger partial charge in [-0.05, 0) is 60.2 Å². The number of aryl methyl sites for hydroxylation is 2. The van der Waals surface area contributed by atoms with Crippen molar-refractivity contribution < 1.29 is 9.53 Å². The van der Waals surface area contributed by atoms with Crippen LogP contribution in [-0.2, 0) is 13.0 Å². The zero-order valence-electron chi connectivity index (χ0n) is 14.7. The largest absolute Gasteiger partial charge is 0.489 e. The van der Waals surface area contributed by atoms with Crippen molar-refractivity contribution in [2.75, 3.05) is 5.32 Å². The molecule has 0 aliphatic carbocycles. The molecule has 5 heteroatoms. The van der Waals surface area contributed by atoms with E-state index < -0.39 is 0 Å². The van der Waals surface area contributed by atoms with Gasteiger partial charge < -0.3 is 10.1 Å². The molecule has 1 heterocycles. The second kappa shape index (κ2) is 8.39. The molecular formula is C21H20ClNO2S. The zero-order chi connectivity index (χ0) is 18.5. The van der Waals surface area contributed by atoms with E-state index in [1.54, 1.807) is 6.07 Å². The third-order valence-electron chi connectivity index (χ3n) is 4.04. The zero-order valence-corrected chi connectivity index (χ0v) is 16.3. The van der Waals surface area contributed by atoms with E-state index in [-0.39, 0.29) is 5.91 Å². The van der Waals surface area contributed by atoms with E-state index in [0.29, 0.717) is 22.2 Å². The molecule has 0 atom stereocenters. The second-order valence-electron chi connectivity index (χ2n) is 6.02. The maximum absolute atomic E-state index is 12.4. The van der Waals surface area contributed by atoms with E-state index in [0.717, 1.165) is 23.3 Å². The highest BCUT2D eigenvalue weighted by molar-refractivity contribution is 7.12. The van der Waals surface area contributed by atoms with Gasteiger partial charge in [0.1, 0.15) is 12.4 Å². The van der Waals surface area contributed by atoms with Crippen molar-refractivity contribution >= 4 is 34.5 Å². The topological polar surface area (TPSA) is 38.3 Å². The molecule has 0 radical (unpaired) electrons. The highest BCUT2D eigenvalue weighted by atomic mass is 35.5. The first-order valence-electron chi connectivity index (χ1n) is 8.42. The average Bonchev–Trinajstić information content (AvgIpc) is 3.13. The summed E-state index contributed by atoms with van der Waals surface area (Å²) in [6.45, 7) is 4.49. The third kappa shape index (κ3) is 4.65. The maximum atomic E-state index is 12.4. The lowest BCUT2D eigenvalue weighted by Crippen LogP contribution is -2.10. The lowest BCUT2D eigenvalue weighted by atomic mass is 10.2. The van der Waals surface area contributed by atoms with Crippen LogP contribution in [0.4, 0.5) is 5.69 Å². The van der Waals surface area contributed by atoms with E-state index in [1.807, 2.05) is 42.6 Å². The quantitative estimate of drug-likeness (QED) is 0.556. The molecule has 2 aromatic carbocycles. The summed E-state index contributed by atoms with van der Waals surface area (Å²) in [6.07, 6.45) is 1.01. The number of hydrogen-bond donors (Lipinski definition) is 1. The molecule has 3 rings (SSSR count). The number of anilines is 1. The third-order valence-corrected chi connectivity index (χ3v) is 5.43. The number of benzene rings is 2. The molecule has 26 heavy (non-hydrogen) atoms. The van der Waals surface area contributed by atoms with Crippen LogP contribution in [0.2, 0.25) is 5.02 Å². The van der Waals surface area contributed by atoms with Gasteiger partial charge in [-0.15, -0.1) is 11.3 Å². The van der Waals surface area contributed by atoms with Crippen molar-refractivity contribution in [3.63, 3.8) is 0 Å². The Morgan fingerprint density at radius 3 is 2.58 bits per heavy atom. The Balaban J connectivity index is 1.59. The average molecular weight is 386 g/mol. The Kier molecular flexibility index (Phi) is 5.96. The van der Waals surface area contributed by atoms with Gasteiger partial charge in [-0.1, -0.05) is 36.7 Å². The van der Waals surface area contributed by atoms with Crippen LogP contribution in [0.1, 0.15) is 33.3 Å². The highest BCUT2D eigenvalue weighted by Crippen LogP contribution is 2.23. The lowest BCUT2D eigenvalue weighted by molar-refractivity contribution is 0.103. The summed E-state index contributed by atoms with van der Waals surface area (Å²) in [5, 5.41) is 5.45. The summed E-state index contributed by atoms with van der Waals surface area (Å²) in [5.74, 6) is 0.683. The number of carbonyl (C=O) groups is 1. The fraction of sp³-hybridized carbons (Fsp3) is 0.190. The van der Waals surface area contributed by atoms with Crippen LogP contribution >= 0.6 is 22.9 Å². The van der Waals surface area contributed by atoms with Crippen LogP contribution in [0.5, 0.6) is 5.75 Å². The molecule has 1 amide bonds. The number of thiophene rings is 1. The predicted molar refractivity (Wildman–Crippen MR) is 109 cm³/mol. The van der Waals surface area contributed by atoms with Gasteiger partial charge in [-0.3, -0.25) is 4.79 Å². The van der Waals surface area contributed by atoms with E-state index in [2.05, 4.69) is 24.4 Å². The molecule has 0 spiro atoms. The standard InChI is InChI=1S/C21H20ClNO2S/c1-3-15-5-8-18(9-6-15)25-12-16-10-20(26-13-16)21(24)23-17-7-4-14(2)19(22)11-17/h4-11,13H,3,12H2,1-2H3,(H,23,24). The summed E-state index contributed by atoms with van der Waals surface area (Å²) < 4.78 is 5.79. The van der Waals surface area contributed by atoms with E-state index in [4.69, 9.17) is 16.3 Å². The first kappa shape index (κ1) is 18.5. The molecule has 3 aromatic rings. The fourth-order valence-electron chi connectivity index (χ4n) is 2.42. The summed E-state index contributed by atoms with van der Waals surface area (Å²) in [5.41, 5.74) is 3.92. The number of ether oxygens (including phenoxy) is 1. The minimum atomic E-state index is -0.145. The number of hydrogen-bond acceptors (Lipinski definition) is 3. The van der Waals surface area contributed by atoms with Crippen LogP contribution in [-0.4, -0.2) is 5.91 Å². The molecule has 0 fully saturated rings. The number of halogens is 1. The van der Waals surface area contributed by atoms with Crippen LogP contribution in [0, 0.1) is 6.92 Å². The molecule has 0 saturated heterocycles. The number of rotatable bonds is 6. The predicted octanol–water partition coefficient (Wildman–Crippen LogP) is 6.10. The van der Waals surface area contributed by atoms with E-state index >= 15 is 0 Å². The van der Waals surface area contributed by atoms with Gasteiger partial charge in [0.25, 0.3) is 5.91 Å². The smallest absolute Gasteiger partial charge is 0.265 e. The van der Waals surface area contributed by atoms with Crippen LogP contribution < -0.4 is 10.1 Å². The Morgan fingerprint density at radius 2 is 1.88 bits per heavy atom. The van der Waals surface area contributed by atoms with Crippen LogP contribution in [0.3, 0.4) is 0 Å². The van der Waals surface area contributed by atoms with Gasteiger partial charge in [-0.2, -0.15) is 0 Å². The monoisotopic (exact) mass is 385 g/mol. The Bertz CT molecular complexity index is 903. The van der Waals surface area contributed by atoms with Crippen molar-refractivity contribution in [2.24, 2.45) is 0 Å². The molecule has 1 N–H and O–H groups in total. The molecule has 134 valence electrons. The highest BCUT2D eigenvalue weighted by Gasteiger charge is 2.10. The van der Waals surface area contributed by atoms with Gasteiger partial charge in [0, 0.05) is 16.3 Å². The van der Waals surface area contributed by atoms with E-state index in [1.165, 1.54) is 16.9 Å². The van der Waals surface area contributed by atoms with Crippen LogP contribution in [0.15, 0.2) is 53.9 Å². The maximum Gasteiger partial charge on any atom is 0.265 e. The normalized spacial score (nSPS) is 10.6. The molecule has 1 aromatic heterocycles. The first-order valence-corrected chi connectivity index (χ1v) is 9.67. The molecule has 0 unspecified atom stereocenters. The fourth-order valence-corrected chi connectivity index (χ4v) is 3.39. The van der Waals surface area contributed by atoms with Gasteiger partial charge in [0.05, 0.1) is 4.88 Å². The van der Waals surface area contributed by atoms with Crippen molar-refractivity contribution in [1.29, 1.82) is 0 Å². The Hall–Kier alpha value is -2.30. The minimum Gasteiger partial charge on any atom is -0.489 e. The van der Waals surface area contributed by atoms with Gasteiger partial charge in [0.2, 0.25) is 0 Å². The second-order valence-corrected chi connectivity index (χ2v) is 7.34. The van der Waals surface area contributed by atoms with Crippen molar-refractivity contribution in [2.45, 2.75) is 26.9 Å². The molecule has 0 bridgehead atoms. The lowest BCUT2D eigenvalue weighted by Gasteiger charge is -2.06. The van der Waals surface area contributed by atoms with Crippen molar-refractivity contribution in [1.82, 2.24) is 0 Å². The summed E-state index contributed by atoms with van der Waals surface area (Å²) in [4.78, 5) is 13.0. The molecular weight excluding hydrogens is 366 g/mol. The first-order chi connectivity index (χ1) is 12.5.